The van der Waals surface area contributed by atoms with Gasteiger partial charge in [0.1, 0.15) is 0 Å². The molecule has 0 radical (unpaired) electrons. The maximum Gasteiger partial charge on any atom is 0.0443 e. The molecule has 1 aliphatic rings. The van der Waals surface area contributed by atoms with Crippen molar-refractivity contribution >= 4 is 0 Å². The van der Waals surface area contributed by atoms with E-state index >= 15 is 0 Å². The van der Waals surface area contributed by atoms with Gasteiger partial charge in [-0.15, -0.1) is 0 Å². The summed E-state index contributed by atoms with van der Waals surface area (Å²) in [5, 5.41) is 8.84. The molecule has 0 spiro atoms. The molecule has 1 aliphatic heterocycles. The van der Waals surface area contributed by atoms with Crippen molar-refractivity contribution in [1.29, 1.82) is 0 Å². The van der Waals surface area contributed by atoms with Gasteiger partial charge in [-0.2, -0.15) is 0 Å². The first-order valence-electron chi connectivity index (χ1n) is 6.89. The Morgan fingerprint density at radius 2 is 1.72 bits per heavy atom. The predicted molar refractivity (Wildman–Crippen MR) is 74.6 cm³/mol. The Balaban J connectivity index is 1.78. The zero-order valence-electron chi connectivity index (χ0n) is 11.3. The molecule has 0 amide bonds. The number of nitrogens with zero attached hydrogens (tertiary/aromatic N) is 2. The van der Waals surface area contributed by atoms with E-state index in [9.17, 15) is 0 Å². The van der Waals surface area contributed by atoms with Crippen LogP contribution in [0.5, 0.6) is 0 Å². The maximum absolute atomic E-state index is 8.84. The molecule has 1 saturated heterocycles. The largest absolute Gasteiger partial charge is 0.396 e. The lowest BCUT2D eigenvalue weighted by atomic mass is 10.1. The van der Waals surface area contributed by atoms with E-state index in [0.717, 1.165) is 45.7 Å². The summed E-state index contributed by atoms with van der Waals surface area (Å²) in [4.78, 5) is 4.97. The lowest BCUT2D eigenvalue weighted by molar-refractivity contribution is 0.119. The van der Waals surface area contributed by atoms with Crippen LogP contribution >= 0.6 is 0 Å². The van der Waals surface area contributed by atoms with E-state index in [4.69, 9.17) is 5.11 Å². The highest BCUT2D eigenvalue weighted by Crippen LogP contribution is 2.12. The molecule has 1 N–H and O–H groups in total. The van der Waals surface area contributed by atoms with Crippen LogP contribution in [0.15, 0.2) is 24.3 Å². The molecule has 1 aromatic carbocycles. The van der Waals surface area contributed by atoms with Crippen LogP contribution in [0.1, 0.15) is 17.5 Å². The SMILES string of the molecule is Cc1ccccc1CN1CCN(CCCO)CC1. The Morgan fingerprint density at radius 1 is 1.06 bits per heavy atom. The minimum Gasteiger partial charge on any atom is -0.396 e. The summed E-state index contributed by atoms with van der Waals surface area (Å²) in [6.45, 7) is 9.14. The van der Waals surface area contributed by atoms with Gasteiger partial charge in [-0.3, -0.25) is 4.90 Å². The second-order valence-corrected chi connectivity index (χ2v) is 5.12. The van der Waals surface area contributed by atoms with Crippen molar-refractivity contribution in [3.05, 3.63) is 35.4 Å². The second kappa shape index (κ2) is 6.88. The number of benzene rings is 1. The Bertz CT molecular complexity index is 359. The molecule has 2 rings (SSSR count). The molecule has 100 valence electrons. The molecule has 1 fully saturated rings. The Hall–Kier alpha value is -0.900. The van der Waals surface area contributed by atoms with Gasteiger partial charge >= 0.3 is 0 Å². The van der Waals surface area contributed by atoms with E-state index in [2.05, 4.69) is 41.0 Å². The predicted octanol–water partition coefficient (Wildman–Crippen LogP) is 1.50. The van der Waals surface area contributed by atoms with Gasteiger partial charge in [-0.05, 0) is 24.5 Å². The molecular weight excluding hydrogens is 224 g/mol. The number of piperazine rings is 1. The van der Waals surface area contributed by atoms with Crippen LogP contribution in [0.2, 0.25) is 0 Å². The zero-order valence-corrected chi connectivity index (χ0v) is 11.3. The molecule has 0 saturated carbocycles. The van der Waals surface area contributed by atoms with Crippen molar-refractivity contribution in [2.75, 3.05) is 39.3 Å². The molecule has 1 aromatic rings. The van der Waals surface area contributed by atoms with Crippen molar-refractivity contribution in [3.8, 4) is 0 Å². The normalized spacial score (nSPS) is 18.1. The zero-order chi connectivity index (χ0) is 12.8. The van der Waals surface area contributed by atoms with E-state index < -0.39 is 0 Å². The van der Waals surface area contributed by atoms with E-state index in [0.29, 0.717) is 6.61 Å². The van der Waals surface area contributed by atoms with Gasteiger partial charge < -0.3 is 10.0 Å². The molecule has 0 aromatic heterocycles. The van der Waals surface area contributed by atoms with E-state index in [-0.39, 0.29) is 0 Å². The lowest BCUT2D eigenvalue weighted by Gasteiger charge is -2.34. The summed E-state index contributed by atoms with van der Waals surface area (Å²) < 4.78 is 0. The third kappa shape index (κ3) is 3.80. The fourth-order valence-electron chi connectivity index (χ4n) is 2.49. The highest BCUT2D eigenvalue weighted by molar-refractivity contribution is 5.25. The number of aliphatic hydroxyl groups excluding tert-OH is 1. The minimum atomic E-state index is 0.309. The number of hydrogen-bond donors (Lipinski definition) is 1. The fourth-order valence-corrected chi connectivity index (χ4v) is 2.49. The van der Waals surface area contributed by atoms with Crippen molar-refractivity contribution in [2.45, 2.75) is 19.9 Å². The van der Waals surface area contributed by atoms with Crippen LogP contribution in [-0.4, -0.2) is 54.2 Å². The van der Waals surface area contributed by atoms with Crippen LogP contribution in [0.4, 0.5) is 0 Å². The smallest absolute Gasteiger partial charge is 0.0443 e. The average molecular weight is 248 g/mol. The summed E-state index contributed by atoms with van der Waals surface area (Å²) in [5.74, 6) is 0. The Morgan fingerprint density at radius 3 is 2.39 bits per heavy atom. The summed E-state index contributed by atoms with van der Waals surface area (Å²) in [5.41, 5.74) is 2.83. The molecule has 0 unspecified atom stereocenters. The maximum atomic E-state index is 8.84. The molecular formula is C15H24N2O. The summed E-state index contributed by atoms with van der Waals surface area (Å²) in [6.07, 6.45) is 0.901. The second-order valence-electron chi connectivity index (χ2n) is 5.12. The van der Waals surface area contributed by atoms with E-state index in [1.807, 2.05) is 0 Å². The van der Waals surface area contributed by atoms with Crippen molar-refractivity contribution in [2.24, 2.45) is 0 Å². The number of aryl methyl sites for hydroxylation is 1. The van der Waals surface area contributed by atoms with Gasteiger partial charge in [0, 0.05) is 45.9 Å². The first-order valence-corrected chi connectivity index (χ1v) is 6.89. The van der Waals surface area contributed by atoms with Crippen LogP contribution < -0.4 is 0 Å². The Kier molecular flexibility index (Phi) is 5.17. The number of rotatable bonds is 5. The first kappa shape index (κ1) is 13.5. The third-order valence-electron chi connectivity index (χ3n) is 3.75. The summed E-state index contributed by atoms with van der Waals surface area (Å²) in [6, 6.07) is 8.64. The van der Waals surface area contributed by atoms with Crippen LogP contribution in [0, 0.1) is 6.92 Å². The summed E-state index contributed by atoms with van der Waals surface area (Å²) in [7, 11) is 0. The van der Waals surface area contributed by atoms with Gasteiger partial charge in [-0.1, -0.05) is 24.3 Å². The van der Waals surface area contributed by atoms with Crippen LogP contribution in [0.3, 0.4) is 0 Å². The number of hydrogen-bond acceptors (Lipinski definition) is 3. The molecule has 18 heavy (non-hydrogen) atoms. The average Bonchev–Trinajstić information content (AvgIpc) is 2.41. The molecule has 0 bridgehead atoms. The van der Waals surface area contributed by atoms with Crippen LogP contribution in [0.25, 0.3) is 0 Å². The molecule has 1 heterocycles. The topological polar surface area (TPSA) is 26.7 Å². The van der Waals surface area contributed by atoms with E-state index in [1.54, 1.807) is 0 Å². The van der Waals surface area contributed by atoms with Crippen LogP contribution in [-0.2, 0) is 6.54 Å². The standard InChI is InChI=1S/C15H24N2O/c1-14-5-2-3-6-15(14)13-17-10-8-16(9-11-17)7-4-12-18/h2-3,5-6,18H,4,7-13H2,1H3. The highest BCUT2D eigenvalue weighted by Gasteiger charge is 2.16. The van der Waals surface area contributed by atoms with Gasteiger partial charge in [0.15, 0.2) is 0 Å². The number of aliphatic hydroxyl groups is 1. The van der Waals surface area contributed by atoms with Gasteiger partial charge in [0.25, 0.3) is 0 Å². The van der Waals surface area contributed by atoms with Gasteiger partial charge in [0.2, 0.25) is 0 Å². The Labute approximate surface area is 110 Å². The quantitative estimate of drug-likeness (QED) is 0.855. The van der Waals surface area contributed by atoms with Gasteiger partial charge in [0.05, 0.1) is 0 Å². The first-order chi connectivity index (χ1) is 8.79. The highest BCUT2D eigenvalue weighted by atomic mass is 16.3. The molecule has 0 aliphatic carbocycles. The summed E-state index contributed by atoms with van der Waals surface area (Å²) >= 11 is 0. The molecule has 3 heteroatoms. The van der Waals surface area contributed by atoms with Crippen molar-refractivity contribution in [1.82, 2.24) is 9.80 Å². The monoisotopic (exact) mass is 248 g/mol. The van der Waals surface area contributed by atoms with Crippen molar-refractivity contribution < 1.29 is 5.11 Å². The van der Waals surface area contributed by atoms with E-state index in [1.165, 1.54) is 11.1 Å². The third-order valence-corrected chi connectivity index (χ3v) is 3.75. The molecule has 3 nitrogen and oxygen atoms in total. The minimum absolute atomic E-state index is 0.309. The van der Waals surface area contributed by atoms with Gasteiger partial charge in [-0.25, -0.2) is 0 Å². The lowest BCUT2D eigenvalue weighted by Crippen LogP contribution is -2.46. The molecule has 0 atom stereocenters. The fraction of sp³-hybridized carbons (Fsp3) is 0.600. The van der Waals surface area contributed by atoms with Crippen molar-refractivity contribution in [3.63, 3.8) is 0 Å².